The highest BCUT2D eigenvalue weighted by atomic mass is 32.2. The molecule has 0 unspecified atom stereocenters. The zero-order valence-corrected chi connectivity index (χ0v) is 18.3. The first-order valence-electron chi connectivity index (χ1n) is 11.0. The smallest absolute Gasteiger partial charge is 0.277 e. The van der Waals surface area contributed by atoms with Gasteiger partial charge in [0.05, 0.1) is 11.9 Å². The van der Waals surface area contributed by atoms with Crippen molar-refractivity contribution in [3.63, 3.8) is 0 Å². The van der Waals surface area contributed by atoms with Gasteiger partial charge >= 0.3 is 0 Å². The fourth-order valence-electron chi connectivity index (χ4n) is 4.73. The number of aryl methyl sites for hydroxylation is 2. The Morgan fingerprint density at radius 1 is 0.966 bits per heavy atom. The van der Waals surface area contributed by atoms with E-state index in [1.54, 1.807) is 10.4 Å². The van der Waals surface area contributed by atoms with Gasteiger partial charge in [0.15, 0.2) is 6.54 Å². The van der Waals surface area contributed by atoms with Gasteiger partial charge in [-0.15, -0.1) is 0 Å². The Balaban J connectivity index is 1.34. The van der Waals surface area contributed by atoms with E-state index in [2.05, 4.69) is 7.05 Å². The van der Waals surface area contributed by atoms with Gasteiger partial charge in [0, 0.05) is 26.2 Å². The largest absolute Gasteiger partial charge is 0.335 e. The highest BCUT2D eigenvalue weighted by Gasteiger charge is 2.32. The second-order valence-electron chi connectivity index (χ2n) is 8.81. The first-order chi connectivity index (χ1) is 13.9. The van der Waals surface area contributed by atoms with Crippen molar-refractivity contribution in [3.8, 4) is 0 Å². The molecule has 1 aromatic rings. The number of carbonyl (C=O) groups is 1. The number of sulfonamides is 1. The van der Waals surface area contributed by atoms with Crippen LogP contribution < -0.4 is 9.80 Å². The standard InChI is InChI=1S/C21H32N4O3S/c1-22-8-10-23(11-9-22)17-21(26)24-12-14-25(15-13-24)29(27,28)20-7-6-18-4-2-3-5-19(18)16-20/h6-7,16H,2-5,8-15,17H2,1H3/p+2. The fraction of sp³-hybridized carbons (Fsp3) is 0.667. The molecule has 2 N–H and O–H groups in total. The molecule has 0 bridgehead atoms. The number of hydrogen-bond acceptors (Lipinski definition) is 3. The maximum absolute atomic E-state index is 13.1. The molecule has 4 rings (SSSR count). The van der Waals surface area contributed by atoms with Crippen LogP contribution in [-0.2, 0) is 27.7 Å². The van der Waals surface area contributed by atoms with Gasteiger partial charge in [-0.3, -0.25) is 4.79 Å². The Labute approximate surface area is 174 Å². The van der Waals surface area contributed by atoms with Crippen molar-refractivity contribution in [2.45, 2.75) is 30.6 Å². The third-order valence-corrected chi connectivity index (χ3v) is 8.66. The summed E-state index contributed by atoms with van der Waals surface area (Å²) in [6.45, 7) is 6.55. The number of likely N-dealkylation sites (N-methyl/N-ethyl adjacent to an activating group) is 1. The van der Waals surface area contributed by atoms with E-state index in [9.17, 15) is 13.2 Å². The van der Waals surface area contributed by atoms with Crippen molar-refractivity contribution in [3.05, 3.63) is 29.3 Å². The number of hydrogen-bond donors (Lipinski definition) is 2. The summed E-state index contributed by atoms with van der Waals surface area (Å²) in [5.74, 6) is 0.158. The topological polar surface area (TPSA) is 66.6 Å². The Hall–Kier alpha value is -1.48. The summed E-state index contributed by atoms with van der Waals surface area (Å²) < 4.78 is 27.8. The van der Waals surface area contributed by atoms with E-state index in [1.807, 2.05) is 17.0 Å². The molecule has 1 amide bonds. The Morgan fingerprint density at radius 3 is 2.31 bits per heavy atom. The second-order valence-corrected chi connectivity index (χ2v) is 10.7. The molecule has 2 heterocycles. The predicted octanol–water partition coefficient (Wildman–Crippen LogP) is -2.19. The molecule has 1 aliphatic carbocycles. The minimum absolute atomic E-state index is 0.158. The number of quaternary nitrogens is 2. The van der Waals surface area contributed by atoms with Crippen LogP contribution in [0.15, 0.2) is 23.1 Å². The molecule has 7 nitrogen and oxygen atoms in total. The van der Waals surface area contributed by atoms with E-state index >= 15 is 0 Å². The van der Waals surface area contributed by atoms with Crippen molar-refractivity contribution in [2.75, 3.05) is 66.0 Å². The molecule has 8 heteroatoms. The molecule has 0 aromatic heterocycles. The van der Waals surface area contributed by atoms with Crippen LogP contribution in [0.1, 0.15) is 24.0 Å². The van der Waals surface area contributed by atoms with E-state index in [1.165, 1.54) is 27.3 Å². The number of nitrogens with one attached hydrogen (secondary N) is 2. The molecular weight excluding hydrogens is 388 g/mol. The number of benzene rings is 1. The van der Waals surface area contributed by atoms with Crippen LogP contribution >= 0.6 is 0 Å². The number of rotatable bonds is 4. The quantitative estimate of drug-likeness (QED) is 0.580. The lowest BCUT2D eigenvalue weighted by atomic mass is 9.92. The molecule has 0 saturated carbocycles. The van der Waals surface area contributed by atoms with Crippen LogP contribution in [0.4, 0.5) is 0 Å². The summed E-state index contributed by atoms with van der Waals surface area (Å²) in [5.41, 5.74) is 2.47. The fourth-order valence-corrected chi connectivity index (χ4v) is 6.20. The molecule has 0 radical (unpaired) electrons. The predicted molar refractivity (Wildman–Crippen MR) is 111 cm³/mol. The number of piperazine rings is 2. The summed E-state index contributed by atoms with van der Waals surface area (Å²) in [6.07, 6.45) is 4.34. The van der Waals surface area contributed by atoms with E-state index in [4.69, 9.17) is 0 Å². The van der Waals surface area contributed by atoms with Crippen molar-refractivity contribution in [1.82, 2.24) is 9.21 Å². The highest BCUT2D eigenvalue weighted by Crippen LogP contribution is 2.26. The molecule has 1 aromatic carbocycles. The van der Waals surface area contributed by atoms with E-state index in [0.29, 0.717) is 37.6 Å². The summed E-state index contributed by atoms with van der Waals surface area (Å²) in [7, 11) is -1.30. The minimum atomic E-state index is -3.49. The van der Waals surface area contributed by atoms with Gasteiger partial charge in [0.25, 0.3) is 5.91 Å². The molecule has 2 aliphatic heterocycles. The lowest BCUT2D eigenvalue weighted by Gasteiger charge is -2.35. The summed E-state index contributed by atoms with van der Waals surface area (Å²) in [4.78, 5) is 17.8. The second kappa shape index (κ2) is 8.71. The third kappa shape index (κ3) is 4.66. The molecular formula is C21H34N4O3S+2. The van der Waals surface area contributed by atoms with Gasteiger partial charge in [-0.1, -0.05) is 6.07 Å². The van der Waals surface area contributed by atoms with E-state index in [0.717, 1.165) is 45.4 Å². The molecule has 3 aliphatic rings. The van der Waals surface area contributed by atoms with Gasteiger partial charge < -0.3 is 14.7 Å². The van der Waals surface area contributed by atoms with Crippen LogP contribution in [0, 0.1) is 0 Å². The zero-order valence-electron chi connectivity index (χ0n) is 17.5. The molecule has 0 atom stereocenters. The van der Waals surface area contributed by atoms with Gasteiger partial charge in [-0.2, -0.15) is 4.31 Å². The summed E-state index contributed by atoms with van der Waals surface area (Å²) in [6, 6.07) is 5.62. The lowest BCUT2D eigenvalue weighted by Crippen LogP contribution is -3.27. The van der Waals surface area contributed by atoms with Crippen molar-refractivity contribution in [1.29, 1.82) is 0 Å². The van der Waals surface area contributed by atoms with Crippen molar-refractivity contribution < 1.29 is 23.0 Å². The Morgan fingerprint density at radius 2 is 1.62 bits per heavy atom. The first-order valence-corrected chi connectivity index (χ1v) is 12.4. The SMILES string of the molecule is C[NH+]1CC[NH+](CC(=O)N2CCN(S(=O)(=O)c3ccc4c(c3)CCCC4)CC2)CC1. The van der Waals surface area contributed by atoms with Gasteiger partial charge in [-0.25, -0.2) is 8.42 Å². The van der Waals surface area contributed by atoms with Gasteiger partial charge in [0.2, 0.25) is 10.0 Å². The maximum atomic E-state index is 13.1. The normalized spacial score (nSPS) is 26.2. The Bertz CT molecular complexity index is 841. The number of nitrogens with zero attached hydrogens (tertiary/aromatic N) is 2. The summed E-state index contributed by atoms with van der Waals surface area (Å²) in [5, 5.41) is 0. The van der Waals surface area contributed by atoms with Crippen LogP contribution in [0.3, 0.4) is 0 Å². The van der Waals surface area contributed by atoms with Gasteiger partial charge in [-0.05, 0) is 48.9 Å². The zero-order chi connectivity index (χ0) is 20.4. The van der Waals surface area contributed by atoms with Crippen LogP contribution in [-0.4, -0.2) is 89.5 Å². The maximum Gasteiger partial charge on any atom is 0.277 e. The van der Waals surface area contributed by atoms with Crippen molar-refractivity contribution >= 4 is 15.9 Å². The van der Waals surface area contributed by atoms with Crippen LogP contribution in [0.5, 0.6) is 0 Å². The molecule has 29 heavy (non-hydrogen) atoms. The lowest BCUT2D eigenvalue weighted by molar-refractivity contribution is -1.000. The third-order valence-electron chi connectivity index (χ3n) is 6.76. The highest BCUT2D eigenvalue weighted by molar-refractivity contribution is 7.89. The molecule has 160 valence electrons. The Kier molecular flexibility index (Phi) is 6.24. The van der Waals surface area contributed by atoms with E-state index < -0.39 is 10.0 Å². The average molecular weight is 423 g/mol. The van der Waals surface area contributed by atoms with Crippen LogP contribution in [0.25, 0.3) is 0 Å². The number of carbonyl (C=O) groups excluding carboxylic acids is 1. The minimum Gasteiger partial charge on any atom is -0.335 e. The molecule has 2 fully saturated rings. The molecule has 0 spiro atoms. The number of amides is 1. The monoisotopic (exact) mass is 422 g/mol. The summed E-state index contributed by atoms with van der Waals surface area (Å²) >= 11 is 0. The van der Waals surface area contributed by atoms with Crippen LogP contribution in [0.2, 0.25) is 0 Å². The average Bonchev–Trinajstić information content (AvgIpc) is 2.75. The molecule has 2 saturated heterocycles. The number of fused-ring (bicyclic) bond motifs is 1. The van der Waals surface area contributed by atoms with Gasteiger partial charge in [0.1, 0.15) is 26.2 Å². The van der Waals surface area contributed by atoms with Crippen molar-refractivity contribution in [2.24, 2.45) is 0 Å². The first kappa shape index (κ1) is 20.8. The van der Waals surface area contributed by atoms with E-state index in [-0.39, 0.29) is 5.91 Å².